The van der Waals surface area contributed by atoms with Crippen LogP contribution in [-0.2, 0) is 19.1 Å². The molecule has 0 heterocycles. The maximum Gasteiger partial charge on any atom is 0.322 e. The van der Waals surface area contributed by atoms with Gasteiger partial charge in [-0.05, 0) is 70.3 Å². The number of carboxylic acids is 1. The molecule has 0 aliphatic carbocycles. The van der Waals surface area contributed by atoms with Gasteiger partial charge in [0.1, 0.15) is 12.6 Å². The Hall–Kier alpha value is -2.37. The number of allylic oxidation sites excluding steroid dienone is 5. The van der Waals surface area contributed by atoms with Crippen molar-refractivity contribution in [3.05, 3.63) is 36.5 Å². The van der Waals surface area contributed by atoms with Gasteiger partial charge in [-0.1, -0.05) is 173 Å². The highest BCUT2D eigenvalue weighted by molar-refractivity contribution is 5.80. The molecule has 0 radical (unpaired) electrons. The van der Waals surface area contributed by atoms with Crippen molar-refractivity contribution in [2.24, 2.45) is 0 Å². The number of carboxylic acid groups (broad SMARTS) is 1. The van der Waals surface area contributed by atoms with Crippen LogP contribution in [0.5, 0.6) is 0 Å². The summed E-state index contributed by atoms with van der Waals surface area (Å²) in [4.78, 5) is 34.9. The Labute approximate surface area is 315 Å². The van der Waals surface area contributed by atoms with E-state index in [-0.39, 0.29) is 24.5 Å². The third-order valence-corrected chi connectivity index (χ3v) is 9.52. The zero-order chi connectivity index (χ0) is 37.3. The van der Waals surface area contributed by atoms with Crippen molar-refractivity contribution in [3.63, 3.8) is 0 Å². The van der Waals surface area contributed by atoms with Gasteiger partial charge >= 0.3 is 11.9 Å². The first kappa shape index (κ1) is 48.6. The fourth-order valence-electron chi connectivity index (χ4n) is 6.27. The molecule has 0 aliphatic heterocycles. The molecule has 2 N–H and O–H groups in total. The molecule has 0 aliphatic rings. The van der Waals surface area contributed by atoms with Crippen LogP contribution in [0.25, 0.3) is 0 Å². The molecule has 0 rings (SSSR count). The number of nitrogens with one attached hydrogen (secondary N) is 1. The fraction of sp³-hybridized carbons (Fsp3) is 0.800. The zero-order valence-electron chi connectivity index (χ0n) is 33.5. The van der Waals surface area contributed by atoms with Crippen LogP contribution in [0.3, 0.4) is 0 Å². The van der Waals surface area contributed by atoms with Crippen molar-refractivity contribution >= 4 is 17.8 Å². The van der Waals surface area contributed by atoms with E-state index in [1.807, 2.05) is 6.08 Å². The van der Waals surface area contributed by atoms with Crippen LogP contribution in [0.2, 0.25) is 0 Å². The number of carbonyl (C=O) groups excluding carboxylic acids is 2. The lowest BCUT2D eigenvalue weighted by atomic mass is 10.0. The smallest absolute Gasteiger partial charge is 0.322 e. The number of hydrogen-bond acceptors (Lipinski definition) is 4. The van der Waals surface area contributed by atoms with Crippen LogP contribution in [0.15, 0.2) is 36.5 Å². The van der Waals surface area contributed by atoms with Gasteiger partial charge in [0.2, 0.25) is 5.91 Å². The third-order valence-electron chi connectivity index (χ3n) is 9.52. The molecule has 51 heavy (non-hydrogen) atoms. The molecule has 0 fully saturated rings. The number of amides is 1. The van der Waals surface area contributed by atoms with Gasteiger partial charge in [0, 0.05) is 12.8 Å². The highest BCUT2D eigenvalue weighted by atomic mass is 16.5. The monoisotopic (exact) mass is 716 g/mol. The van der Waals surface area contributed by atoms with Gasteiger partial charge in [-0.25, -0.2) is 0 Å². The molecule has 0 aromatic rings. The molecule has 1 unspecified atom stereocenters. The number of carbonyl (C=O) groups is 3. The molecular formula is C45H81NO5. The van der Waals surface area contributed by atoms with Gasteiger partial charge in [-0.15, -0.1) is 0 Å². The maximum absolute atomic E-state index is 12.6. The van der Waals surface area contributed by atoms with E-state index in [1.165, 1.54) is 135 Å². The molecule has 1 amide bonds. The average Bonchev–Trinajstić information content (AvgIpc) is 3.11. The van der Waals surface area contributed by atoms with Gasteiger partial charge in [0.05, 0.1) is 0 Å². The van der Waals surface area contributed by atoms with E-state index in [9.17, 15) is 14.4 Å². The van der Waals surface area contributed by atoms with E-state index in [4.69, 9.17) is 9.84 Å². The van der Waals surface area contributed by atoms with Crippen LogP contribution in [0.4, 0.5) is 0 Å². The first-order valence-electron chi connectivity index (χ1n) is 21.6. The van der Waals surface area contributed by atoms with E-state index < -0.39 is 5.97 Å². The minimum Gasteiger partial charge on any atom is -0.480 e. The Morgan fingerprint density at radius 2 is 0.980 bits per heavy atom. The summed E-state index contributed by atoms with van der Waals surface area (Å²) in [6, 6.07) is 0. The summed E-state index contributed by atoms with van der Waals surface area (Å²) >= 11 is 0. The van der Waals surface area contributed by atoms with Crippen molar-refractivity contribution in [2.45, 2.75) is 225 Å². The molecular weight excluding hydrogens is 634 g/mol. The molecule has 296 valence electrons. The van der Waals surface area contributed by atoms with Crippen LogP contribution < -0.4 is 5.32 Å². The SMILES string of the molecule is CCCC/C=C\C/C=C\C(CCCCCCC(=O)NCC(=O)O)OC(=O)CCCCCCCCCCCCC/C=C\CCCCCCCCCC. The van der Waals surface area contributed by atoms with Crippen LogP contribution in [-0.4, -0.2) is 35.6 Å². The summed E-state index contributed by atoms with van der Waals surface area (Å²) in [6.45, 7) is 4.15. The molecule has 6 heteroatoms. The van der Waals surface area contributed by atoms with E-state index in [2.05, 4.69) is 49.5 Å². The highest BCUT2D eigenvalue weighted by Crippen LogP contribution is 2.16. The molecule has 6 nitrogen and oxygen atoms in total. The van der Waals surface area contributed by atoms with Crippen molar-refractivity contribution in [1.29, 1.82) is 0 Å². The van der Waals surface area contributed by atoms with E-state index in [0.717, 1.165) is 57.8 Å². The largest absolute Gasteiger partial charge is 0.480 e. The molecule has 0 bridgehead atoms. The molecule has 0 saturated carbocycles. The molecule has 0 aromatic carbocycles. The van der Waals surface area contributed by atoms with Crippen LogP contribution >= 0.6 is 0 Å². The zero-order valence-corrected chi connectivity index (χ0v) is 33.5. The second-order valence-electron chi connectivity index (χ2n) is 14.6. The second-order valence-corrected chi connectivity index (χ2v) is 14.6. The molecule has 0 spiro atoms. The van der Waals surface area contributed by atoms with Gasteiger partial charge in [0.15, 0.2) is 0 Å². The minimum atomic E-state index is -1.03. The summed E-state index contributed by atoms with van der Waals surface area (Å²) < 4.78 is 5.87. The molecule has 0 saturated heterocycles. The highest BCUT2D eigenvalue weighted by Gasteiger charge is 2.12. The quantitative estimate of drug-likeness (QED) is 0.0375. The summed E-state index contributed by atoms with van der Waals surface area (Å²) in [5.41, 5.74) is 0. The Balaban J connectivity index is 3.91. The third kappa shape index (κ3) is 40.3. The van der Waals surface area contributed by atoms with Crippen molar-refractivity contribution < 1.29 is 24.2 Å². The fourth-order valence-corrected chi connectivity index (χ4v) is 6.27. The van der Waals surface area contributed by atoms with E-state index in [0.29, 0.717) is 12.8 Å². The normalized spacial score (nSPS) is 12.4. The van der Waals surface area contributed by atoms with Gasteiger partial charge in [-0.2, -0.15) is 0 Å². The number of unbranched alkanes of at least 4 members (excludes halogenated alkanes) is 24. The second kappa shape index (κ2) is 40.4. The van der Waals surface area contributed by atoms with Gasteiger partial charge in [-0.3, -0.25) is 14.4 Å². The summed E-state index contributed by atoms with van der Waals surface area (Å²) in [6.07, 6.45) is 50.2. The van der Waals surface area contributed by atoms with Crippen LogP contribution in [0, 0.1) is 0 Å². The van der Waals surface area contributed by atoms with Crippen LogP contribution in [0.1, 0.15) is 219 Å². The lowest BCUT2D eigenvalue weighted by Gasteiger charge is -2.14. The van der Waals surface area contributed by atoms with Crippen molar-refractivity contribution in [3.8, 4) is 0 Å². The summed E-state index contributed by atoms with van der Waals surface area (Å²) in [5.74, 6) is -1.35. The first-order chi connectivity index (χ1) is 25.0. The lowest BCUT2D eigenvalue weighted by Crippen LogP contribution is -2.28. The Bertz CT molecular complexity index is 880. The standard InChI is InChI=1S/C45H81NO5/c1-3-5-7-9-11-12-13-14-15-16-17-18-19-20-21-22-23-24-25-26-28-30-36-40-45(50)51-42(37-33-29-27-10-8-6-4-2)38-34-31-32-35-39-43(47)46-41-44(48)49/h10,16-17,27,33,37,42H,3-9,11-15,18-26,28-32,34-36,38-41H2,1-2H3,(H,46,47)(H,48,49)/b17-16-,27-10-,37-33-. The number of aliphatic carboxylic acids is 1. The average molecular weight is 716 g/mol. The topological polar surface area (TPSA) is 92.7 Å². The van der Waals surface area contributed by atoms with E-state index in [1.54, 1.807) is 0 Å². The molecule has 1 atom stereocenters. The number of hydrogen-bond donors (Lipinski definition) is 2. The molecule has 0 aromatic heterocycles. The number of rotatable bonds is 39. The summed E-state index contributed by atoms with van der Waals surface area (Å²) in [7, 11) is 0. The number of ether oxygens (including phenoxy) is 1. The first-order valence-corrected chi connectivity index (χ1v) is 21.6. The lowest BCUT2D eigenvalue weighted by molar-refractivity contribution is -0.147. The van der Waals surface area contributed by atoms with Gasteiger partial charge < -0.3 is 15.2 Å². The Morgan fingerprint density at radius 3 is 1.53 bits per heavy atom. The van der Waals surface area contributed by atoms with Gasteiger partial charge in [0.25, 0.3) is 0 Å². The van der Waals surface area contributed by atoms with Crippen molar-refractivity contribution in [2.75, 3.05) is 6.54 Å². The predicted octanol–water partition coefficient (Wildman–Crippen LogP) is 13.3. The summed E-state index contributed by atoms with van der Waals surface area (Å²) in [5, 5.41) is 11.1. The Kier molecular flexibility index (Phi) is 38.5. The predicted molar refractivity (Wildman–Crippen MR) is 217 cm³/mol. The Morgan fingerprint density at radius 1 is 0.529 bits per heavy atom. The minimum absolute atomic E-state index is 0.0998. The van der Waals surface area contributed by atoms with Crippen molar-refractivity contribution in [1.82, 2.24) is 5.32 Å². The maximum atomic E-state index is 12.6. The van der Waals surface area contributed by atoms with E-state index >= 15 is 0 Å². The number of esters is 1.